The molecule has 0 N–H and O–H groups in total. The van der Waals surface area contributed by atoms with Crippen LogP contribution in [-0.4, -0.2) is 19.9 Å². The van der Waals surface area contributed by atoms with Gasteiger partial charge in [0.15, 0.2) is 0 Å². The van der Waals surface area contributed by atoms with Gasteiger partial charge in [0.1, 0.15) is 23.3 Å². The van der Waals surface area contributed by atoms with Crippen molar-refractivity contribution < 1.29 is 64.0 Å². The molecular formula is C42H36F10IrN4. The van der Waals surface area contributed by atoms with Gasteiger partial charge in [-0.3, -0.25) is 19.9 Å². The normalized spacial score (nSPS) is 11.7. The van der Waals surface area contributed by atoms with Crippen LogP contribution in [-0.2, 0) is 43.3 Å². The Morgan fingerprint density at radius 3 is 1.00 bits per heavy atom. The number of hydrogen-bond acceptors (Lipinski definition) is 4. The molecule has 303 valence electrons. The number of halogens is 10. The van der Waals surface area contributed by atoms with Gasteiger partial charge in [-0.25, -0.2) is 17.6 Å². The van der Waals surface area contributed by atoms with E-state index in [0.717, 1.165) is 59.9 Å². The van der Waals surface area contributed by atoms with E-state index in [-0.39, 0.29) is 53.5 Å². The van der Waals surface area contributed by atoms with Crippen molar-refractivity contribution in [1.82, 2.24) is 19.9 Å². The van der Waals surface area contributed by atoms with E-state index < -0.39 is 46.7 Å². The molecule has 0 saturated heterocycles. The summed E-state index contributed by atoms with van der Waals surface area (Å²) in [6, 6.07) is 17.7. The first-order valence-corrected chi connectivity index (χ1v) is 16.8. The molecule has 6 aromatic rings. The van der Waals surface area contributed by atoms with Gasteiger partial charge in [-0.15, -0.1) is 0 Å². The second kappa shape index (κ2) is 18.5. The first-order valence-electron chi connectivity index (χ1n) is 16.8. The number of aromatic nitrogens is 4. The Kier molecular flexibility index (Phi) is 15.1. The maximum Gasteiger partial charge on any atom is 0.417 e. The van der Waals surface area contributed by atoms with Gasteiger partial charge in [0, 0.05) is 68.2 Å². The number of pyridine rings is 4. The fourth-order valence-electron chi connectivity index (χ4n) is 4.91. The maximum absolute atomic E-state index is 13.4. The summed E-state index contributed by atoms with van der Waals surface area (Å²) < 4.78 is 126. The second-order valence-electron chi connectivity index (χ2n) is 14.5. The molecule has 4 aromatic heterocycles. The van der Waals surface area contributed by atoms with E-state index >= 15 is 0 Å². The third-order valence-electron chi connectivity index (χ3n) is 8.11. The zero-order valence-electron chi connectivity index (χ0n) is 31.3. The summed E-state index contributed by atoms with van der Waals surface area (Å²) in [5, 5.41) is 0. The van der Waals surface area contributed by atoms with Crippen molar-refractivity contribution in [2.24, 2.45) is 0 Å². The van der Waals surface area contributed by atoms with Crippen LogP contribution in [0.3, 0.4) is 0 Å². The minimum absolute atomic E-state index is 0. The van der Waals surface area contributed by atoms with Crippen LogP contribution in [0.4, 0.5) is 43.9 Å². The number of rotatable bonds is 3. The number of alkyl halides is 6. The van der Waals surface area contributed by atoms with Crippen molar-refractivity contribution in [3.05, 3.63) is 155 Å². The van der Waals surface area contributed by atoms with Crippen molar-refractivity contribution >= 4 is 0 Å². The Bertz CT molecular complexity index is 2080. The fraction of sp³-hybridized carbons (Fsp3) is 0.238. The minimum atomic E-state index is -4.49. The molecule has 57 heavy (non-hydrogen) atoms. The standard InChI is InChI=1S/C18H24N2.2C12H6F5N.Ir/c1-17(2,3)13-7-9-19-15(11-13)16-12-14(8-10-20-16)18(4,5)6;2*13-8-2-3-9(10(14)5-8)11-4-1-7(6-18-11)12(15,16)17;/h7-12H,1-6H3;2*1-6H;. The molecule has 0 spiro atoms. The summed E-state index contributed by atoms with van der Waals surface area (Å²) in [6.07, 6.45) is -4.02. The molecule has 2 aromatic carbocycles. The molecule has 0 saturated carbocycles. The zero-order valence-corrected chi connectivity index (χ0v) is 33.7. The molecule has 0 aliphatic rings. The van der Waals surface area contributed by atoms with Gasteiger partial charge in [-0.1, -0.05) is 41.5 Å². The largest absolute Gasteiger partial charge is 0.417 e. The van der Waals surface area contributed by atoms with Crippen LogP contribution in [0.1, 0.15) is 63.8 Å². The summed E-state index contributed by atoms with van der Waals surface area (Å²) in [6.45, 7) is 13.3. The molecule has 0 amide bonds. The van der Waals surface area contributed by atoms with Crippen LogP contribution in [0.5, 0.6) is 0 Å². The maximum atomic E-state index is 13.4. The van der Waals surface area contributed by atoms with E-state index in [1.165, 1.54) is 11.1 Å². The van der Waals surface area contributed by atoms with Gasteiger partial charge >= 0.3 is 12.4 Å². The third kappa shape index (κ3) is 13.0. The Morgan fingerprint density at radius 1 is 0.386 bits per heavy atom. The van der Waals surface area contributed by atoms with Crippen molar-refractivity contribution in [2.45, 2.75) is 64.7 Å². The van der Waals surface area contributed by atoms with Crippen LogP contribution < -0.4 is 0 Å². The molecule has 0 fully saturated rings. The van der Waals surface area contributed by atoms with E-state index in [1.54, 1.807) is 0 Å². The third-order valence-corrected chi connectivity index (χ3v) is 8.11. The minimum Gasteiger partial charge on any atom is -0.256 e. The van der Waals surface area contributed by atoms with Gasteiger partial charge in [0.05, 0.1) is 33.9 Å². The van der Waals surface area contributed by atoms with E-state index in [9.17, 15) is 43.9 Å². The van der Waals surface area contributed by atoms with E-state index in [0.29, 0.717) is 24.5 Å². The average Bonchev–Trinajstić information content (AvgIpc) is 3.11. The molecule has 0 bridgehead atoms. The average molecular weight is 979 g/mol. The summed E-state index contributed by atoms with van der Waals surface area (Å²) in [5.41, 5.74) is 2.79. The molecule has 4 heterocycles. The quantitative estimate of drug-likeness (QED) is 0.166. The van der Waals surface area contributed by atoms with Crippen LogP contribution in [0.15, 0.2) is 110 Å². The topological polar surface area (TPSA) is 51.6 Å². The van der Waals surface area contributed by atoms with Crippen LogP contribution in [0, 0.1) is 23.3 Å². The van der Waals surface area contributed by atoms with Crippen molar-refractivity contribution in [1.29, 1.82) is 0 Å². The number of hydrogen-bond donors (Lipinski definition) is 0. The number of nitrogens with zero attached hydrogens (tertiary/aromatic N) is 4. The molecule has 15 heteroatoms. The molecule has 0 aliphatic carbocycles. The van der Waals surface area contributed by atoms with Crippen LogP contribution >= 0.6 is 0 Å². The summed E-state index contributed by atoms with van der Waals surface area (Å²) >= 11 is 0. The predicted molar refractivity (Wildman–Crippen MR) is 194 cm³/mol. The first kappa shape index (κ1) is 46.4. The monoisotopic (exact) mass is 979 g/mol. The van der Waals surface area contributed by atoms with Gasteiger partial charge in [-0.05, 0) is 94.8 Å². The summed E-state index contributed by atoms with van der Waals surface area (Å²) in [5.74, 6) is -3.27. The Hall–Kier alpha value is -5.01. The smallest absolute Gasteiger partial charge is 0.256 e. The molecular weight excluding hydrogens is 943 g/mol. The molecule has 4 nitrogen and oxygen atoms in total. The Labute approximate surface area is 336 Å². The van der Waals surface area contributed by atoms with E-state index in [2.05, 4.69) is 85.7 Å². The predicted octanol–water partition coefficient (Wildman–Crippen LogP) is 12.8. The molecule has 6 rings (SSSR count). The van der Waals surface area contributed by atoms with E-state index in [4.69, 9.17) is 0 Å². The van der Waals surface area contributed by atoms with Crippen molar-refractivity contribution in [3.8, 4) is 33.9 Å². The van der Waals surface area contributed by atoms with Crippen LogP contribution in [0.2, 0.25) is 0 Å². The number of benzene rings is 2. The SMILES string of the molecule is CC(C)(C)c1ccnc(-c2cc(C(C)(C)C)ccn2)c1.Fc1ccc(-c2ccc(C(F)(F)F)cn2)c(F)c1.Fc1ccc(-c2ccc(C(F)(F)F)cn2)c(F)c1.[Ir]. The Morgan fingerprint density at radius 2 is 0.737 bits per heavy atom. The molecule has 0 unspecified atom stereocenters. The van der Waals surface area contributed by atoms with Crippen molar-refractivity contribution in [3.63, 3.8) is 0 Å². The van der Waals surface area contributed by atoms with Gasteiger partial charge < -0.3 is 0 Å². The molecule has 0 atom stereocenters. The Balaban J connectivity index is 0.000000227. The first-order chi connectivity index (χ1) is 25.9. The summed E-state index contributed by atoms with van der Waals surface area (Å²) in [7, 11) is 0. The molecule has 1 radical (unpaired) electrons. The fourth-order valence-corrected chi connectivity index (χ4v) is 4.91. The van der Waals surface area contributed by atoms with Crippen LogP contribution in [0.25, 0.3) is 33.9 Å². The second-order valence-corrected chi connectivity index (χ2v) is 14.5. The zero-order chi connectivity index (χ0) is 41.6. The molecule has 0 aliphatic heterocycles. The van der Waals surface area contributed by atoms with E-state index in [1.807, 2.05) is 12.4 Å². The van der Waals surface area contributed by atoms with Crippen molar-refractivity contribution in [2.75, 3.05) is 0 Å². The van der Waals surface area contributed by atoms with Gasteiger partial charge in [0.2, 0.25) is 0 Å². The summed E-state index contributed by atoms with van der Waals surface area (Å²) in [4.78, 5) is 16.0. The van der Waals surface area contributed by atoms with Gasteiger partial charge in [-0.2, -0.15) is 26.3 Å². The van der Waals surface area contributed by atoms with Gasteiger partial charge in [0.25, 0.3) is 0 Å².